The summed E-state index contributed by atoms with van der Waals surface area (Å²) in [6.07, 6.45) is 2.64. The molecule has 0 saturated carbocycles. The average Bonchev–Trinajstić information content (AvgIpc) is 2.72. The number of carboxylic acid groups (broad SMARTS) is 1. The van der Waals surface area contributed by atoms with E-state index in [2.05, 4.69) is 25.6 Å². The molecule has 18 heavy (non-hydrogen) atoms. The Morgan fingerprint density at radius 3 is 3.00 bits per heavy atom. The number of aliphatic carboxylic acids is 1. The van der Waals surface area contributed by atoms with E-state index >= 15 is 0 Å². The predicted molar refractivity (Wildman–Crippen MR) is 64.1 cm³/mol. The van der Waals surface area contributed by atoms with Crippen molar-refractivity contribution in [3.8, 4) is 0 Å². The number of fused-ring (bicyclic) bond motifs is 1. The molecule has 2 rings (SSSR count). The van der Waals surface area contributed by atoms with Gasteiger partial charge in [-0.3, -0.25) is 0 Å². The molecular formula is C10H14N6O2. The van der Waals surface area contributed by atoms with Crippen LogP contribution in [-0.2, 0) is 11.8 Å². The van der Waals surface area contributed by atoms with Crippen LogP contribution in [0.15, 0.2) is 6.33 Å². The minimum absolute atomic E-state index is 0.397. The van der Waals surface area contributed by atoms with Crippen LogP contribution in [0, 0.1) is 0 Å². The van der Waals surface area contributed by atoms with Crippen molar-refractivity contribution in [2.45, 2.75) is 25.8 Å². The molecular weight excluding hydrogens is 236 g/mol. The fourth-order valence-corrected chi connectivity index (χ4v) is 1.67. The van der Waals surface area contributed by atoms with Crippen LogP contribution >= 0.6 is 0 Å². The summed E-state index contributed by atoms with van der Waals surface area (Å²) in [5.74, 6) is -0.513. The van der Waals surface area contributed by atoms with E-state index in [0.29, 0.717) is 23.4 Å². The summed E-state index contributed by atoms with van der Waals surface area (Å²) >= 11 is 0. The fraction of sp³-hybridized carbons (Fsp3) is 0.500. The van der Waals surface area contributed by atoms with E-state index in [9.17, 15) is 4.79 Å². The Morgan fingerprint density at radius 1 is 1.56 bits per heavy atom. The molecule has 1 atom stereocenters. The highest BCUT2D eigenvalue weighted by molar-refractivity contribution is 5.85. The molecule has 0 amide bonds. The number of nitrogens with zero attached hydrogens (tertiary/aromatic N) is 5. The highest BCUT2D eigenvalue weighted by atomic mass is 16.4. The molecule has 2 heterocycles. The summed E-state index contributed by atoms with van der Waals surface area (Å²) in [5.41, 5.74) is 1.04. The Kier molecular flexibility index (Phi) is 3.35. The zero-order valence-corrected chi connectivity index (χ0v) is 10.2. The highest BCUT2D eigenvalue weighted by Crippen LogP contribution is 2.17. The Hall–Kier alpha value is -2.25. The van der Waals surface area contributed by atoms with Crippen molar-refractivity contribution in [2.75, 3.05) is 5.32 Å². The van der Waals surface area contributed by atoms with Gasteiger partial charge in [-0.2, -0.15) is 0 Å². The van der Waals surface area contributed by atoms with Crippen LogP contribution in [0.4, 0.5) is 5.82 Å². The summed E-state index contributed by atoms with van der Waals surface area (Å²) in [5, 5.41) is 19.7. The summed E-state index contributed by atoms with van der Waals surface area (Å²) in [7, 11) is 1.72. The first-order valence-corrected chi connectivity index (χ1v) is 5.63. The lowest BCUT2D eigenvalue weighted by atomic mass is 10.1. The first-order valence-electron chi connectivity index (χ1n) is 5.63. The van der Waals surface area contributed by atoms with Crippen LogP contribution in [0.3, 0.4) is 0 Å². The van der Waals surface area contributed by atoms with Gasteiger partial charge in [-0.1, -0.05) is 18.6 Å². The first-order chi connectivity index (χ1) is 8.63. The maximum atomic E-state index is 11.1. The molecule has 0 aliphatic rings. The van der Waals surface area contributed by atoms with Crippen LogP contribution in [0.2, 0.25) is 0 Å². The molecule has 0 bridgehead atoms. The standard InChI is InChI=1S/C10H14N6O2/c1-3-4-6(10(17)18)13-8-7-9(12-5-11-8)16(2)15-14-7/h5-6H,3-4H2,1-2H3,(H,17,18)(H,11,12,13)/t6-/m1/s1. The number of nitrogens with one attached hydrogen (secondary N) is 1. The Labute approximate surface area is 103 Å². The molecule has 2 aromatic rings. The minimum Gasteiger partial charge on any atom is -0.480 e. The third-order valence-electron chi connectivity index (χ3n) is 2.57. The van der Waals surface area contributed by atoms with Gasteiger partial charge in [0.05, 0.1) is 0 Å². The molecule has 0 aliphatic carbocycles. The third kappa shape index (κ3) is 2.22. The summed E-state index contributed by atoms with van der Waals surface area (Å²) < 4.78 is 1.51. The van der Waals surface area contributed by atoms with Gasteiger partial charge in [-0.05, 0) is 6.42 Å². The maximum absolute atomic E-state index is 11.1. The lowest BCUT2D eigenvalue weighted by molar-refractivity contribution is -0.138. The van der Waals surface area contributed by atoms with E-state index in [0.717, 1.165) is 6.42 Å². The molecule has 8 heteroatoms. The molecule has 0 unspecified atom stereocenters. The van der Waals surface area contributed by atoms with Crippen LogP contribution in [0.1, 0.15) is 19.8 Å². The second kappa shape index (κ2) is 4.94. The number of carbonyl (C=O) groups is 1. The number of aromatic nitrogens is 5. The molecule has 0 saturated heterocycles. The summed E-state index contributed by atoms with van der Waals surface area (Å²) in [6, 6.07) is -0.685. The molecule has 2 aromatic heterocycles. The van der Waals surface area contributed by atoms with Gasteiger partial charge < -0.3 is 10.4 Å². The molecule has 0 aliphatic heterocycles. The molecule has 0 fully saturated rings. The van der Waals surface area contributed by atoms with Crippen molar-refractivity contribution in [1.82, 2.24) is 25.0 Å². The summed E-state index contributed by atoms with van der Waals surface area (Å²) in [6.45, 7) is 1.93. The molecule has 96 valence electrons. The monoisotopic (exact) mass is 250 g/mol. The van der Waals surface area contributed by atoms with Gasteiger partial charge >= 0.3 is 5.97 Å². The number of carboxylic acids is 1. The van der Waals surface area contributed by atoms with E-state index in [1.54, 1.807) is 7.05 Å². The number of rotatable bonds is 5. The van der Waals surface area contributed by atoms with Crippen LogP contribution in [0.25, 0.3) is 11.2 Å². The largest absolute Gasteiger partial charge is 0.480 e. The molecule has 8 nitrogen and oxygen atoms in total. The number of hydrogen-bond donors (Lipinski definition) is 2. The van der Waals surface area contributed by atoms with Crippen molar-refractivity contribution < 1.29 is 9.90 Å². The number of aryl methyl sites for hydroxylation is 1. The van der Waals surface area contributed by atoms with Crippen LogP contribution < -0.4 is 5.32 Å². The Bertz CT molecular complexity index is 566. The topological polar surface area (TPSA) is 106 Å². The smallest absolute Gasteiger partial charge is 0.326 e. The normalized spacial score (nSPS) is 12.6. The molecule has 0 aromatic carbocycles. The lowest BCUT2D eigenvalue weighted by Gasteiger charge is -2.13. The van der Waals surface area contributed by atoms with E-state index in [1.165, 1.54) is 11.0 Å². The molecule has 0 radical (unpaired) electrons. The SMILES string of the molecule is CCC[C@@H](Nc1ncnc2c1nnn2C)C(=O)O. The zero-order chi connectivity index (χ0) is 13.1. The second-order valence-electron chi connectivity index (χ2n) is 3.93. The third-order valence-corrected chi connectivity index (χ3v) is 2.57. The molecule has 2 N–H and O–H groups in total. The van der Waals surface area contributed by atoms with E-state index in [-0.39, 0.29) is 0 Å². The Morgan fingerprint density at radius 2 is 2.33 bits per heavy atom. The van der Waals surface area contributed by atoms with E-state index in [4.69, 9.17) is 5.11 Å². The van der Waals surface area contributed by atoms with Crippen molar-refractivity contribution >= 4 is 23.0 Å². The van der Waals surface area contributed by atoms with Crippen molar-refractivity contribution in [2.24, 2.45) is 7.05 Å². The van der Waals surface area contributed by atoms with Crippen molar-refractivity contribution in [1.29, 1.82) is 0 Å². The van der Waals surface area contributed by atoms with Crippen LogP contribution in [0.5, 0.6) is 0 Å². The Balaban J connectivity index is 2.33. The van der Waals surface area contributed by atoms with E-state index in [1.807, 2.05) is 6.92 Å². The fourth-order valence-electron chi connectivity index (χ4n) is 1.67. The van der Waals surface area contributed by atoms with Gasteiger partial charge in [0, 0.05) is 7.05 Å². The zero-order valence-electron chi connectivity index (χ0n) is 10.2. The number of anilines is 1. The van der Waals surface area contributed by atoms with Gasteiger partial charge in [0.1, 0.15) is 12.4 Å². The van der Waals surface area contributed by atoms with Crippen molar-refractivity contribution in [3.05, 3.63) is 6.33 Å². The van der Waals surface area contributed by atoms with Gasteiger partial charge in [0.25, 0.3) is 0 Å². The van der Waals surface area contributed by atoms with Gasteiger partial charge in [0.15, 0.2) is 17.0 Å². The number of hydrogen-bond acceptors (Lipinski definition) is 6. The van der Waals surface area contributed by atoms with Gasteiger partial charge in [0.2, 0.25) is 0 Å². The maximum Gasteiger partial charge on any atom is 0.326 e. The van der Waals surface area contributed by atoms with Gasteiger partial charge in [-0.15, -0.1) is 5.10 Å². The summed E-state index contributed by atoms with van der Waals surface area (Å²) in [4.78, 5) is 19.2. The first kappa shape index (κ1) is 12.2. The predicted octanol–water partition coefficient (Wildman–Crippen LogP) is 0.423. The minimum atomic E-state index is -0.910. The van der Waals surface area contributed by atoms with Gasteiger partial charge in [-0.25, -0.2) is 19.4 Å². The average molecular weight is 250 g/mol. The second-order valence-corrected chi connectivity index (χ2v) is 3.93. The van der Waals surface area contributed by atoms with Crippen molar-refractivity contribution in [3.63, 3.8) is 0 Å². The van der Waals surface area contributed by atoms with Crippen LogP contribution in [-0.4, -0.2) is 42.1 Å². The highest BCUT2D eigenvalue weighted by Gasteiger charge is 2.19. The van der Waals surface area contributed by atoms with E-state index < -0.39 is 12.0 Å². The molecule has 0 spiro atoms. The quantitative estimate of drug-likeness (QED) is 0.792. The lowest BCUT2D eigenvalue weighted by Crippen LogP contribution is -2.29.